The van der Waals surface area contributed by atoms with E-state index in [4.69, 9.17) is 5.73 Å². The van der Waals surface area contributed by atoms with Crippen molar-refractivity contribution in [1.82, 2.24) is 9.97 Å². The summed E-state index contributed by atoms with van der Waals surface area (Å²) < 4.78 is 59.5. The third-order valence-electron chi connectivity index (χ3n) is 5.03. The van der Waals surface area contributed by atoms with Crippen molar-refractivity contribution in [2.45, 2.75) is 23.8 Å². The summed E-state index contributed by atoms with van der Waals surface area (Å²) in [6, 6.07) is 2.27. The molecule has 1 aromatic carbocycles. The quantitative estimate of drug-likeness (QED) is 0.692. The number of halogens is 4. The Morgan fingerprint density at radius 1 is 1.33 bits per heavy atom. The van der Waals surface area contributed by atoms with Crippen molar-refractivity contribution in [3.05, 3.63) is 47.7 Å². The summed E-state index contributed by atoms with van der Waals surface area (Å²) in [6.45, 7) is -1.09. The fraction of sp³-hybridized carbons (Fsp3) is 0.333. The molecule has 2 heterocycles. The lowest BCUT2D eigenvalue weighted by molar-refractivity contribution is -0.141. The van der Waals surface area contributed by atoms with Gasteiger partial charge in [-0.05, 0) is 23.8 Å². The van der Waals surface area contributed by atoms with Crippen molar-refractivity contribution in [3.63, 3.8) is 0 Å². The zero-order chi connectivity index (χ0) is 21.5. The van der Waals surface area contributed by atoms with Gasteiger partial charge >= 0.3 is 0 Å². The van der Waals surface area contributed by atoms with Gasteiger partial charge in [0.2, 0.25) is 12.7 Å². The average molecular weight is 441 g/mol. The number of rotatable bonds is 5. The lowest BCUT2D eigenvalue weighted by Gasteiger charge is -2.54. The van der Waals surface area contributed by atoms with Crippen LogP contribution in [0.2, 0.25) is 0 Å². The van der Waals surface area contributed by atoms with Gasteiger partial charge in [0.05, 0.1) is 12.4 Å². The van der Waals surface area contributed by atoms with Crippen molar-refractivity contribution in [3.8, 4) is 5.88 Å². The first-order valence-corrected chi connectivity index (χ1v) is 9.70. The molecular formula is C18H15F4N5O2S. The molecule has 2 unspecified atom stereocenters. The lowest BCUT2D eigenvalue weighted by Crippen LogP contribution is -2.66. The Balaban J connectivity index is 1.59. The highest BCUT2D eigenvalue weighted by molar-refractivity contribution is 8.13. The average Bonchev–Trinajstić information content (AvgIpc) is 2.71. The summed E-state index contributed by atoms with van der Waals surface area (Å²) in [6.07, 6.45) is 1.59. The predicted octanol–water partition coefficient (Wildman–Crippen LogP) is 2.88. The third kappa shape index (κ3) is 3.44. The van der Waals surface area contributed by atoms with Crippen LogP contribution >= 0.6 is 11.8 Å². The molecule has 4 rings (SSSR count). The molecule has 0 bridgehead atoms. The van der Waals surface area contributed by atoms with Crippen molar-refractivity contribution >= 4 is 28.5 Å². The highest BCUT2D eigenvalue weighted by Gasteiger charge is 2.68. The van der Waals surface area contributed by atoms with E-state index in [1.807, 2.05) is 0 Å². The van der Waals surface area contributed by atoms with Crippen LogP contribution in [-0.4, -0.2) is 45.6 Å². The molecule has 2 aromatic rings. The van der Waals surface area contributed by atoms with E-state index in [0.717, 1.165) is 30.2 Å². The smallest absolute Gasteiger partial charge is 0.275 e. The Kier molecular flexibility index (Phi) is 5.04. The van der Waals surface area contributed by atoms with Crippen LogP contribution in [0.25, 0.3) is 0 Å². The molecule has 1 aromatic heterocycles. The van der Waals surface area contributed by atoms with E-state index < -0.39 is 42.4 Å². The zero-order valence-corrected chi connectivity index (χ0v) is 16.1. The Hall–Kier alpha value is -2.89. The van der Waals surface area contributed by atoms with Gasteiger partial charge in [0.15, 0.2) is 5.17 Å². The van der Waals surface area contributed by atoms with Gasteiger partial charge in [-0.15, -0.1) is 0 Å². The van der Waals surface area contributed by atoms with Crippen LogP contribution < -0.4 is 15.8 Å². The van der Waals surface area contributed by atoms with Crippen molar-refractivity contribution in [2.75, 3.05) is 17.9 Å². The molecule has 12 heteroatoms. The number of fused-ring (bicyclic) bond motifs is 1. The number of ether oxygens (including phenoxy) is 1. The van der Waals surface area contributed by atoms with Gasteiger partial charge in [-0.1, -0.05) is 11.8 Å². The van der Waals surface area contributed by atoms with Crippen molar-refractivity contribution in [2.24, 2.45) is 10.7 Å². The van der Waals surface area contributed by atoms with E-state index in [-0.39, 0.29) is 33.7 Å². The maximum atomic E-state index is 14.6. The molecule has 30 heavy (non-hydrogen) atoms. The van der Waals surface area contributed by atoms with Crippen LogP contribution in [0.5, 0.6) is 5.88 Å². The normalized spacial score (nSPS) is 24.3. The second-order valence-electron chi connectivity index (χ2n) is 6.89. The van der Waals surface area contributed by atoms with Crippen LogP contribution in [0.1, 0.15) is 22.5 Å². The monoisotopic (exact) mass is 441 g/mol. The molecule has 0 radical (unpaired) electrons. The molecule has 7 nitrogen and oxygen atoms in total. The SMILES string of the molecule is NC1=NC2C(F)(F)CC2(c2cc(NC(=O)c3cnc(OCF)cn3)ccc2F)CS1. The van der Waals surface area contributed by atoms with Crippen molar-refractivity contribution in [1.29, 1.82) is 0 Å². The third-order valence-corrected chi connectivity index (χ3v) is 6.09. The minimum atomic E-state index is -3.09. The molecule has 1 aliphatic carbocycles. The number of anilines is 1. The molecule has 1 saturated carbocycles. The summed E-state index contributed by atoms with van der Waals surface area (Å²) in [5, 5.41) is 2.56. The second-order valence-corrected chi connectivity index (χ2v) is 7.89. The number of hydrogen-bond donors (Lipinski definition) is 2. The Labute approximate surface area is 172 Å². The molecule has 158 valence electrons. The highest BCUT2D eigenvalue weighted by Crippen LogP contribution is 2.59. The highest BCUT2D eigenvalue weighted by atomic mass is 32.2. The molecule has 2 aliphatic rings. The Morgan fingerprint density at radius 3 is 2.80 bits per heavy atom. The number of nitrogens with two attached hydrogens (primary N) is 1. The maximum Gasteiger partial charge on any atom is 0.275 e. The number of carbonyl (C=O) groups is 1. The first-order chi connectivity index (χ1) is 14.2. The molecular weight excluding hydrogens is 426 g/mol. The molecule has 1 fully saturated rings. The van der Waals surface area contributed by atoms with Gasteiger partial charge in [-0.25, -0.2) is 27.5 Å². The predicted molar refractivity (Wildman–Crippen MR) is 102 cm³/mol. The van der Waals surface area contributed by atoms with Crippen LogP contribution in [0.3, 0.4) is 0 Å². The minimum Gasteiger partial charge on any atom is -0.445 e. The number of nitrogens with one attached hydrogen (secondary N) is 1. The van der Waals surface area contributed by atoms with Crippen LogP contribution in [-0.2, 0) is 5.41 Å². The summed E-state index contributed by atoms with van der Waals surface area (Å²) in [5.41, 5.74) is 4.52. The minimum absolute atomic E-state index is 0.0396. The fourth-order valence-electron chi connectivity index (χ4n) is 3.67. The van der Waals surface area contributed by atoms with Gasteiger partial charge in [0.25, 0.3) is 11.8 Å². The first kappa shape index (κ1) is 20.4. The molecule has 2 atom stereocenters. The maximum absolute atomic E-state index is 14.6. The van der Waals surface area contributed by atoms with E-state index in [9.17, 15) is 22.4 Å². The number of hydrogen-bond acceptors (Lipinski definition) is 7. The molecule has 1 amide bonds. The largest absolute Gasteiger partial charge is 0.445 e. The molecule has 0 saturated heterocycles. The number of aromatic nitrogens is 2. The zero-order valence-electron chi connectivity index (χ0n) is 15.2. The number of nitrogens with zero attached hydrogens (tertiary/aromatic N) is 3. The number of amidine groups is 1. The number of amides is 1. The molecule has 1 aliphatic heterocycles. The van der Waals surface area contributed by atoms with Crippen LogP contribution in [0, 0.1) is 5.82 Å². The van der Waals surface area contributed by atoms with E-state index in [1.165, 1.54) is 12.1 Å². The summed E-state index contributed by atoms with van der Waals surface area (Å²) in [7, 11) is 0. The summed E-state index contributed by atoms with van der Waals surface area (Å²) in [4.78, 5) is 23.8. The van der Waals surface area contributed by atoms with Gasteiger partial charge in [-0.2, -0.15) is 0 Å². The molecule has 0 spiro atoms. The summed E-state index contributed by atoms with van der Waals surface area (Å²) in [5.74, 6) is -4.37. The van der Waals surface area contributed by atoms with E-state index in [2.05, 4.69) is 25.0 Å². The van der Waals surface area contributed by atoms with Crippen LogP contribution in [0.15, 0.2) is 35.6 Å². The van der Waals surface area contributed by atoms with Crippen molar-refractivity contribution < 1.29 is 27.1 Å². The van der Waals surface area contributed by atoms with Gasteiger partial charge in [-0.3, -0.25) is 9.79 Å². The number of alkyl halides is 3. The standard InChI is InChI=1S/C18H15F4N5O2S/c19-8-29-13-5-24-12(4-25-13)14(28)26-9-1-2-11(20)10(3-9)17-6-18(21,22)15(17)27-16(23)30-7-17/h1-5,15H,6-8H2,(H2,23,27)(H,26,28). The van der Waals surface area contributed by atoms with Gasteiger partial charge in [0, 0.05) is 23.3 Å². The van der Waals surface area contributed by atoms with Gasteiger partial charge in [0.1, 0.15) is 17.6 Å². The number of carbonyl (C=O) groups excluding carboxylic acids is 1. The van der Waals surface area contributed by atoms with E-state index in [1.54, 1.807) is 0 Å². The first-order valence-electron chi connectivity index (χ1n) is 8.71. The Bertz CT molecular complexity index is 1020. The van der Waals surface area contributed by atoms with E-state index >= 15 is 0 Å². The van der Waals surface area contributed by atoms with E-state index in [0.29, 0.717) is 0 Å². The van der Waals surface area contributed by atoms with Crippen LogP contribution in [0.4, 0.5) is 23.2 Å². The topological polar surface area (TPSA) is 102 Å². The summed E-state index contributed by atoms with van der Waals surface area (Å²) >= 11 is 1.09. The number of benzene rings is 1. The Morgan fingerprint density at radius 2 is 2.13 bits per heavy atom. The van der Waals surface area contributed by atoms with Gasteiger partial charge < -0.3 is 15.8 Å². The number of aliphatic imine (C=N–C) groups is 1. The fourth-order valence-corrected chi connectivity index (χ4v) is 4.67. The second kappa shape index (κ2) is 7.42. The lowest BCUT2D eigenvalue weighted by atomic mass is 9.59. The number of thioether (sulfide) groups is 1. The molecule has 3 N–H and O–H groups in total.